The molecule has 4 amide bonds. The van der Waals surface area contributed by atoms with Crippen LogP contribution in [0, 0.1) is 82.2 Å². The van der Waals surface area contributed by atoms with Crippen LogP contribution >= 0.6 is 10.7 Å². The molecule has 8 fully saturated rings. The maximum Gasteiger partial charge on any atom is 0.236 e. The standard InChI is InChI=1S/C23H31FN2O6S.C17H24FNO4S.C15H21FO2.C14H18FN3O2.C14H20FNO2.C14H19FO3.C8H11NO2.C3H5ClO2S/c1-2-23(29,18-9-10-19(24)20(13-18)32-14-16-6-7-16)15-25-33(30,31)12-4-3-5-17-8-11-21(27)26-22(17)28;1-3-9-24(21,22)19-12-17(20,4-2)14-7-8-15(18)16(10-14)23-11-13-5-6-13;1-3-15(17,4-2)12-7-8-13(16)14(9-12)18-10-11-5-6-11;1-2-14(19,9-17-18-16)11-5-6-12(15)13(7-11)20-8-10-3-4-10;2*1-2-14(17,9-16)11-5-6-12(15)13(7-11)18-8-10-3-4-10;1-2-3-6-4-5-7(10)9-8(6)11;1-2-3-7(4,5)6/h3-4,9-10,13,16-17,25,29H,2,5-8,11-12,14-15H2,1H3,(H,26,27,28);3,7-8,10,13,19-20H,1,4-6,9,11-12H2,2H3;7-9,11,17H,3-6,10H2,1-2H3;5-7,10,19H,2-4,8-9H2,1H3;5-7,10,17H,2-4,8-9,16H2,1H3;5-7,10,16-17H,2-4,8-9H2,1H3;2,6H,1,3-5H2,(H,9,10,11);2H,1,3H2/b4-3+;;;;;;;/t17?,23-;17-;;3*14-;;/m11.111../s1. The van der Waals surface area contributed by atoms with E-state index in [1.54, 1.807) is 64.1 Å². The van der Waals surface area contributed by atoms with Crippen molar-refractivity contribution in [3.05, 3.63) is 238 Å². The number of aliphatic hydroxyl groups excluding tert-OH is 1. The minimum absolute atomic E-state index is 0.0369. The van der Waals surface area contributed by atoms with Crippen molar-refractivity contribution < 1.29 is 135 Å². The molecule has 7 atom stereocenters. The van der Waals surface area contributed by atoms with E-state index in [0.29, 0.717) is 167 Å². The van der Waals surface area contributed by atoms with E-state index in [1.807, 2.05) is 20.8 Å². The number of nitrogens with two attached hydrogens (primary N) is 1. The summed E-state index contributed by atoms with van der Waals surface area (Å²) in [5.41, 5.74) is 9.50. The zero-order valence-electron chi connectivity index (χ0n) is 86.0. The van der Waals surface area contributed by atoms with Gasteiger partial charge in [-0.05, 0) is 295 Å². The van der Waals surface area contributed by atoms with Gasteiger partial charge < -0.3 is 69.9 Å². The molecule has 2 unspecified atom stereocenters. The Hall–Kier alpha value is -10.0. The Morgan fingerprint density at radius 1 is 0.403 bits per heavy atom. The molecule has 31 nitrogen and oxygen atoms in total. The number of carbonyl (C=O) groups excluding carboxylic acids is 4. The van der Waals surface area contributed by atoms with Gasteiger partial charge >= 0.3 is 0 Å². The fraction of sp³-hybridized carbons (Fsp3) is 0.556. The molecular weight excluding hydrogens is 2020 g/mol. The minimum atomic E-state index is -3.75. The molecule has 2 aliphatic heterocycles. The predicted octanol–water partition coefficient (Wildman–Crippen LogP) is 17.3. The number of hydrogen-bond acceptors (Lipinski definition) is 25. The first-order valence-electron chi connectivity index (χ1n) is 50.8. The van der Waals surface area contributed by atoms with Crippen molar-refractivity contribution in [1.29, 1.82) is 0 Å². The van der Waals surface area contributed by atoms with E-state index in [2.05, 4.69) is 49.8 Å². The van der Waals surface area contributed by atoms with Crippen molar-refractivity contribution in [2.45, 2.75) is 243 Å². The largest absolute Gasteiger partial charge is 0.490 e. The highest BCUT2D eigenvalue weighted by molar-refractivity contribution is 8.13. The van der Waals surface area contributed by atoms with Gasteiger partial charge in [0.2, 0.25) is 52.7 Å². The Labute approximate surface area is 876 Å². The molecule has 0 bridgehead atoms. The molecule has 2 saturated heterocycles. The van der Waals surface area contributed by atoms with Crippen LogP contribution in [-0.4, -0.2) is 174 Å². The van der Waals surface area contributed by atoms with Crippen molar-refractivity contribution in [2.75, 3.05) is 89.7 Å². The van der Waals surface area contributed by atoms with Gasteiger partial charge in [0, 0.05) is 59.9 Å². The van der Waals surface area contributed by atoms with E-state index in [9.17, 15) is 107 Å². The maximum absolute atomic E-state index is 14.1. The zero-order chi connectivity index (χ0) is 110. The predicted molar refractivity (Wildman–Crippen MR) is 557 cm³/mol. The van der Waals surface area contributed by atoms with Gasteiger partial charge in [0.1, 0.15) is 22.4 Å². The number of ether oxygens (including phenoxy) is 6. The molecule has 826 valence electrons. The van der Waals surface area contributed by atoms with Crippen molar-refractivity contribution >= 4 is 63.4 Å². The fourth-order valence-electron chi connectivity index (χ4n) is 14.8. The van der Waals surface area contributed by atoms with Crippen LogP contribution in [0.2, 0.25) is 0 Å². The summed E-state index contributed by atoms with van der Waals surface area (Å²) in [4.78, 5) is 47.3. The van der Waals surface area contributed by atoms with E-state index in [4.69, 9.17) is 50.4 Å². The van der Waals surface area contributed by atoms with Crippen LogP contribution in [0.4, 0.5) is 26.3 Å². The average molecular weight is 2170 g/mol. The molecule has 6 aromatic rings. The number of nitrogens with one attached hydrogen (secondary N) is 4. The number of hydrogen-bond donors (Lipinski definition) is 12. The number of sulfonamides is 2. The summed E-state index contributed by atoms with van der Waals surface area (Å²) in [7, 11) is -5.88. The third kappa shape index (κ3) is 43.2. The van der Waals surface area contributed by atoms with E-state index < -0.39 is 98.4 Å². The quantitative estimate of drug-likeness (QED) is 0.00321. The van der Waals surface area contributed by atoms with Crippen LogP contribution in [-0.2, 0) is 81.9 Å². The highest BCUT2D eigenvalue weighted by Crippen LogP contribution is 2.42. The Bertz CT molecular complexity index is 5630. The van der Waals surface area contributed by atoms with Gasteiger partial charge in [-0.15, -0.1) is 19.7 Å². The highest BCUT2D eigenvalue weighted by Gasteiger charge is 2.38. The molecule has 149 heavy (non-hydrogen) atoms. The second kappa shape index (κ2) is 59.9. The summed E-state index contributed by atoms with van der Waals surface area (Å²) in [6.07, 6.45) is 26.5. The first-order chi connectivity index (χ1) is 70.6. The summed E-state index contributed by atoms with van der Waals surface area (Å²) in [6, 6.07) is 25.8. The van der Waals surface area contributed by atoms with Gasteiger partial charge in [-0.1, -0.05) is 120 Å². The molecule has 0 aromatic heterocycles. The number of rotatable bonds is 51. The lowest BCUT2D eigenvalue weighted by Gasteiger charge is -2.28. The fourth-order valence-corrected chi connectivity index (χ4v) is 17.2. The molecule has 0 radical (unpaired) electrons. The normalized spacial score (nSPS) is 18.5. The lowest BCUT2D eigenvalue weighted by molar-refractivity contribution is -0.137. The molecule has 2 heterocycles. The van der Waals surface area contributed by atoms with Gasteiger partial charge in [-0.3, -0.25) is 29.8 Å². The number of allylic oxidation sites excluding steroid dienone is 2. The number of carbonyl (C=O) groups is 4. The molecule has 13 N–H and O–H groups in total. The number of azide groups is 1. The number of imide groups is 2. The maximum atomic E-state index is 14.1. The summed E-state index contributed by atoms with van der Waals surface area (Å²) in [6.45, 7) is 25.0. The third-order valence-corrected chi connectivity index (χ3v) is 30.3. The Balaban J connectivity index is 0.000000237. The SMILES string of the molecule is C=CCC1CCC(=O)NC1=O.C=CCS(=O)(=O)Cl.C=CCS(=O)(=O)NC[C@](O)(CC)c1ccc(F)c(OCC2CC2)c1.CCC(O)(CC)c1ccc(F)c(OCC2CC2)c1.CC[C@@](O)(CN)c1ccc(F)c(OCC2CC2)c1.CC[C@@](O)(CN=[N+]=[N-])c1ccc(F)c(OCC2CC2)c1.CC[C@@](O)(CNS(=O)(=O)C/C=C/CC1CCC(=O)NC1=O)c1ccc(F)c(OCC2CC2)c1.CC[C@@](O)(CO)c1ccc(F)c(OCC2CC2)c1. The number of amides is 4. The van der Waals surface area contributed by atoms with Crippen molar-refractivity contribution in [2.24, 2.45) is 58.2 Å². The Morgan fingerprint density at radius 3 is 0.913 bits per heavy atom. The van der Waals surface area contributed by atoms with Crippen LogP contribution in [0.1, 0.15) is 242 Å². The Morgan fingerprint density at radius 2 is 0.671 bits per heavy atom. The topological polar surface area (TPSA) is 491 Å². The number of aliphatic hydroxyl groups is 7. The van der Waals surface area contributed by atoms with Crippen LogP contribution in [0.5, 0.6) is 34.5 Å². The van der Waals surface area contributed by atoms with Crippen LogP contribution < -0.4 is 54.2 Å². The van der Waals surface area contributed by atoms with Gasteiger partial charge in [-0.25, -0.2) is 61.0 Å². The summed E-state index contributed by atoms with van der Waals surface area (Å²) < 4.78 is 188. The molecule has 41 heteroatoms. The molecule has 6 saturated carbocycles. The monoisotopic (exact) mass is 2170 g/mol. The van der Waals surface area contributed by atoms with Crippen LogP contribution in [0.25, 0.3) is 10.4 Å². The molecule has 6 aliphatic carbocycles. The number of piperidine rings is 2. The van der Waals surface area contributed by atoms with Gasteiger partial charge in [0.05, 0.1) is 81.3 Å². The average Bonchev–Trinajstić information content (AvgIpc) is 1.70. The van der Waals surface area contributed by atoms with E-state index >= 15 is 0 Å². The van der Waals surface area contributed by atoms with Crippen LogP contribution in [0.15, 0.2) is 164 Å². The lowest BCUT2D eigenvalue weighted by atomic mass is 9.88. The minimum Gasteiger partial charge on any atom is -0.490 e. The number of halogens is 7. The summed E-state index contributed by atoms with van der Waals surface area (Å²) in [5, 5.41) is 80.5. The highest BCUT2D eigenvalue weighted by atomic mass is 35.7. The van der Waals surface area contributed by atoms with Gasteiger partial charge in [0.25, 0.3) is 0 Å². The van der Waals surface area contributed by atoms with Crippen molar-refractivity contribution in [3.63, 3.8) is 0 Å². The summed E-state index contributed by atoms with van der Waals surface area (Å²) in [5.74, 6) is -0.678. The summed E-state index contributed by atoms with van der Waals surface area (Å²) >= 11 is 0. The molecular formula is C108H149ClF6N8O23S3. The zero-order valence-corrected chi connectivity index (χ0v) is 89.3. The second-order valence-corrected chi connectivity index (χ2v) is 45.4. The van der Waals surface area contributed by atoms with Gasteiger partial charge in [-0.2, -0.15) is 0 Å². The third-order valence-electron chi connectivity index (χ3n) is 26.8. The number of benzene rings is 6. The molecule has 0 spiro atoms. The van der Waals surface area contributed by atoms with Crippen molar-refractivity contribution in [3.8, 4) is 34.5 Å². The van der Waals surface area contributed by atoms with E-state index in [0.717, 1.165) is 69.8 Å². The van der Waals surface area contributed by atoms with Crippen molar-refractivity contribution in [1.82, 2.24) is 20.1 Å². The smallest absolute Gasteiger partial charge is 0.236 e. The molecule has 6 aromatic carbocycles. The number of nitrogens with zero attached hydrogens (tertiary/aromatic N) is 3. The Kier molecular flexibility index (Phi) is 50.6. The molecule has 8 aliphatic rings. The first kappa shape index (κ1) is 126. The molecule has 14 rings (SSSR count). The second-order valence-electron chi connectivity index (χ2n) is 38.8. The van der Waals surface area contributed by atoms with Gasteiger partial charge in [0.15, 0.2) is 69.4 Å². The first-order valence-corrected chi connectivity index (χ1v) is 56.6. The van der Waals surface area contributed by atoms with E-state index in [-0.39, 0.29) is 138 Å². The van der Waals surface area contributed by atoms with E-state index in [1.165, 1.54) is 116 Å². The lowest BCUT2D eigenvalue weighted by Crippen LogP contribution is -2.41. The van der Waals surface area contributed by atoms with Crippen LogP contribution in [0.3, 0.4) is 0 Å².